The summed E-state index contributed by atoms with van der Waals surface area (Å²) in [6.07, 6.45) is 6.62. The number of aromatic nitrogens is 4. The smallest absolute Gasteiger partial charge is 0.143 e. The predicted octanol–water partition coefficient (Wildman–Crippen LogP) is 3.04. The first-order chi connectivity index (χ1) is 9.64. The topological polar surface area (TPSA) is 55.6 Å². The minimum absolute atomic E-state index is 0.494. The van der Waals surface area contributed by atoms with Gasteiger partial charge in [-0.1, -0.05) is 26.0 Å². The van der Waals surface area contributed by atoms with Gasteiger partial charge in [-0.25, -0.2) is 0 Å². The fourth-order valence-electron chi connectivity index (χ4n) is 2.83. The molecule has 0 unspecified atom stereocenters. The van der Waals surface area contributed by atoms with E-state index in [4.69, 9.17) is 0 Å². The molecule has 0 saturated heterocycles. The van der Waals surface area contributed by atoms with E-state index in [1.807, 2.05) is 18.2 Å². The summed E-state index contributed by atoms with van der Waals surface area (Å²) in [6.45, 7) is 4.72. The molecule has 0 radical (unpaired) electrons. The Morgan fingerprint density at radius 3 is 2.65 bits per heavy atom. The van der Waals surface area contributed by atoms with Gasteiger partial charge in [0.05, 0.1) is 11.4 Å². The highest BCUT2D eigenvalue weighted by molar-refractivity contribution is 5.60. The molecule has 2 aromatic rings. The minimum Gasteiger partial charge on any atom is -0.381 e. The van der Waals surface area contributed by atoms with Gasteiger partial charge in [0.25, 0.3) is 0 Å². The van der Waals surface area contributed by atoms with E-state index in [-0.39, 0.29) is 0 Å². The second kappa shape index (κ2) is 5.23. The molecule has 106 valence electrons. The third kappa shape index (κ3) is 2.81. The first-order valence-electron chi connectivity index (χ1n) is 7.23. The average molecular weight is 271 g/mol. The van der Waals surface area contributed by atoms with Crippen molar-refractivity contribution in [1.29, 1.82) is 0 Å². The van der Waals surface area contributed by atoms with Crippen LogP contribution < -0.4 is 5.32 Å². The molecular weight excluding hydrogens is 250 g/mol. The van der Waals surface area contributed by atoms with Crippen molar-refractivity contribution < 1.29 is 0 Å². The summed E-state index contributed by atoms with van der Waals surface area (Å²) in [5.41, 5.74) is 2.60. The van der Waals surface area contributed by atoms with Crippen LogP contribution in [-0.2, 0) is 0 Å². The van der Waals surface area contributed by atoms with E-state index < -0.39 is 0 Å². The Morgan fingerprint density at radius 1 is 1.20 bits per heavy atom. The van der Waals surface area contributed by atoms with Crippen molar-refractivity contribution in [3.05, 3.63) is 30.6 Å². The SMILES string of the molecule is CC1(C)CCC(Nc2ccccc2-n2cnnn2)CC1. The molecule has 0 atom stereocenters. The summed E-state index contributed by atoms with van der Waals surface area (Å²) in [4.78, 5) is 0. The highest BCUT2D eigenvalue weighted by Gasteiger charge is 2.27. The molecule has 5 heteroatoms. The van der Waals surface area contributed by atoms with Crippen molar-refractivity contribution in [2.24, 2.45) is 5.41 Å². The maximum Gasteiger partial charge on any atom is 0.143 e. The molecule has 1 fully saturated rings. The summed E-state index contributed by atoms with van der Waals surface area (Å²) >= 11 is 0. The number of nitrogens with one attached hydrogen (secondary N) is 1. The summed E-state index contributed by atoms with van der Waals surface area (Å²) in [5, 5.41) is 15.1. The normalized spacial score (nSPS) is 18.9. The van der Waals surface area contributed by atoms with Gasteiger partial charge in [-0.05, 0) is 53.7 Å². The van der Waals surface area contributed by atoms with Gasteiger partial charge in [-0.2, -0.15) is 4.68 Å². The lowest BCUT2D eigenvalue weighted by molar-refractivity contribution is 0.232. The van der Waals surface area contributed by atoms with Gasteiger partial charge in [0.1, 0.15) is 6.33 Å². The number of nitrogens with zero attached hydrogens (tertiary/aromatic N) is 4. The summed E-state index contributed by atoms with van der Waals surface area (Å²) in [7, 11) is 0. The van der Waals surface area contributed by atoms with Crippen molar-refractivity contribution in [3.63, 3.8) is 0 Å². The zero-order chi connectivity index (χ0) is 14.0. The highest BCUT2D eigenvalue weighted by atomic mass is 15.5. The van der Waals surface area contributed by atoms with E-state index >= 15 is 0 Å². The van der Waals surface area contributed by atoms with E-state index in [2.05, 4.69) is 40.8 Å². The van der Waals surface area contributed by atoms with Crippen LogP contribution in [0, 0.1) is 5.41 Å². The van der Waals surface area contributed by atoms with Gasteiger partial charge >= 0.3 is 0 Å². The quantitative estimate of drug-likeness (QED) is 0.932. The van der Waals surface area contributed by atoms with Crippen LogP contribution in [0.4, 0.5) is 5.69 Å². The molecule has 3 rings (SSSR count). The lowest BCUT2D eigenvalue weighted by atomic mass is 9.75. The van der Waals surface area contributed by atoms with E-state index in [0.717, 1.165) is 11.4 Å². The Hall–Kier alpha value is -1.91. The van der Waals surface area contributed by atoms with Crippen molar-refractivity contribution in [1.82, 2.24) is 20.2 Å². The maximum absolute atomic E-state index is 3.98. The highest BCUT2D eigenvalue weighted by Crippen LogP contribution is 2.36. The molecule has 0 spiro atoms. The van der Waals surface area contributed by atoms with Crippen molar-refractivity contribution in [3.8, 4) is 5.69 Å². The number of hydrogen-bond donors (Lipinski definition) is 1. The van der Waals surface area contributed by atoms with Crippen LogP contribution in [0.25, 0.3) is 5.69 Å². The molecule has 0 bridgehead atoms. The van der Waals surface area contributed by atoms with E-state index in [9.17, 15) is 0 Å². The number of benzene rings is 1. The third-order valence-electron chi connectivity index (χ3n) is 4.20. The first-order valence-corrected chi connectivity index (χ1v) is 7.23. The summed E-state index contributed by atoms with van der Waals surface area (Å²) in [6, 6.07) is 8.72. The molecule has 0 amide bonds. The summed E-state index contributed by atoms with van der Waals surface area (Å²) in [5.74, 6) is 0. The third-order valence-corrected chi connectivity index (χ3v) is 4.20. The fraction of sp³-hybridized carbons (Fsp3) is 0.533. The Bertz CT molecular complexity index is 551. The minimum atomic E-state index is 0.494. The van der Waals surface area contributed by atoms with Crippen LogP contribution in [0.1, 0.15) is 39.5 Å². The van der Waals surface area contributed by atoms with Crippen molar-refractivity contribution in [2.75, 3.05) is 5.32 Å². The number of hydrogen-bond acceptors (Lipinski definition) is 4. The first kappa shape index (κ1) is 13.1. The zero-order valence-electron chi connectivity index (χ0n) is 12.1. The Morgan fingerprint density at radius 2 is 1.95 bits per heavy atom. The number of tetrazole rings is 1. The largest absolute Gasteiger partial charge is 0.381 e. The molecular formula is C15H21N5. The molecule has 1 heterocycles. The van der Waals surface area contributed by atoms with Gasteiger partial charge in [0.15, 0.2) is 0 Å². The van der Waals surface area contributed by atoms with Crippen LogP contribution in [-0.4, -0.2) is 26.2 Å². The predicted molar refractivity (Wildman–Crippen MR) is 78.8 cm³/mol. The Labute approximate surface area is 119 Å². The standard InChI is InChI=1S/C15H21N5/c1-15(2)9-7-12(8-10-15)17-13-5-3-4-6-14(13)20-11-16-18-19-20/h3-6,11-12,17H,7-10H2,1-2H3. The van der Waals surface area contributed by atoms with Crippen LogP contribution in [0.5, 0.6) is 0 Å². The molecule has 5 nitrogen and oxygen atoms in total. The monoisotopic (exact) mass is 271 g/mol. The van der Waals surface area contributed by atoms with Crippen LogP contribution in [0.3, 0.4) is 0 Å². The molecule has 20 heavy (non-hydrogen) atoms. The fourth-order valence-corrected chi connectivity index (χ4v) is 2.83. The van der Waals surface area contributed by atoms with E-state index in [1.54, 1.807) is 11.0 Å². The Kier molecular flexibility index (Phi) is 3.42. The van der Waals surface area contributed by atoms with Gasteiger partial charge in [0, 0.05) is 6.04 Å². The van der Waals surface area contributed by atoms with Crippen LogP contribution in [0.15, 0.2) is 30.6 Å². The van der Waals surface area contributed by atoms with Crippen molar-refractivity contribution in [2.45, 2.75) is 45.6 Å². The lowest BCUT2D eigenvalue weighted by Crippen LogP contribution is -2.30. The van der Waals surface area contributed by atoms with Gasteiger partial charge < -0.3 is 5.32 Å². The number of anilines is 1. The Balaban J connectivity index is 1.75. The molecule has 1 aliphatic carbocycles. The molecule has 0 aliphatic heterocycles. The molecule has 1 saturated carbocycles. The molecule has 1 N–H and O–H groups in total. The zero-order valence-corrected chi connectivity index (χ0v) is 12.1. The van der Waals surface area contributed by atoms with Gasteiger partial charge in [-0.15, -0.1) is 5.10 Å². The lowest BCUT2D eigenvalue weighted by Gasteiger charge is -2.35. The van der Waals surface area contributed by atoms with Crippen molar-refractivity contribution >= 4 is 5.69 Å². The second-order valence-corrected chi connectivity index (χ2v) is 6.35. The van der Waals surface area contributed by atoms with E-state index in [0.29, 0.717) is 11.5 Å². The molecule has 1 aromatic heterocycles. The molecule has 1 aromatic carbocycles. The second-order valence-electron chi connectivity index (χ2n) is 6.35. The molecule has 1 aliphatic rings. The van der Waals surface area contributed by atoms with E-state index in [1.165, 1.54) is 25.7 Å². The average Bonchev–Trinajstić information content (AvgIpc) is 2.96. The number of para-hydroxylation sites is 2. The summed E-state index contributed by atoms with van der Waals surface area (Å²) < 4.78 is 1.70. The van der Waals surface area contributed by atoms with Gasteiger partial charge in [0.2, 0.25) is 0 Å². The van der Waals surface area contributed by atoms with Gasteiger partial charge in [-0.3, -0.25) is 0 Å². The number of rotatable bonds is 3. The van der Waals surface area contributed by atoms with Crippen LogP contribution >= 0.6 is 0 Å². The maximum atomic E-state index is 3.98. The van der Waals surface area contributed by atoms with Crippen LogP contribution in [0.2, 0.25) is 0 Å².